The molecule has 0 aliphatic heterocycles. The first-order chi connectivity index (χ1) is 13.0. The van der Waals surface area contributed by atoms with E-state index in [0.717, 1.165) is 25.7 Å². The summed E-state index contributed by atoms with van der Waals surface area (Å²) in [5.41, 5.74) is 12.3. The minimum atomic E-state index is -0.737. The number of halogens is 1. The van der Waals surface area contributed by atoms with Crippen molar-refractivity contribution in [1.82, 2.24) is 4.98 Å². The van der Waals surface area contributed by atoms with E-state index in [1.807, 2.05) is 6.07 Å². The van der Waals surface area contributed by atoms with Gasteiger partial charge in [0, 0.05) is 17.8 Å². The molecule has 7 nitrogen and oxygen atoms in total. The number of hydrogen-bond donors (Lipinski definition) is 4. The van der Waals surface area contributed by atoms with Gasteiger partial charge in [0.1, 0.15) is 23.5 Å². The lowest BCUT2D eigenvalue weighted by atomic mass is 9.91. The van der Waals surface area contributed by atoms with Crippen LogP contribution in [0.1, 0.15) is 41.6 Å². The van der Waals surface area contributed by atoms with Gasteiger partial charge in [0.15, 0.2) is 0 Å². The summed E-state index contributed by atoms with van der Waals surface area (Å²) in [6.07, 6.45) is 3.89. The predicted octanol–water partition coefficient (Wildman–Crippen LogP) is 2.62. The van der Waals surface area contributed by atoms with Crippen LogP contribution in [0.5, 0.6) is 0 Å². The Kier molecular flexibility index (Phi) is 5.52. The Hall–Kier alpha value is -3.18. The van der Waals surface area contributed by atoms with Crippen molar-refractivity contribution < 1.29 is 9.18 Å². The van der Waals surface area contributed by atoms with Crippen molar-refractivity contribution in [2.45, 2.75) is 37.8 Å². The van der Waals surface area contributed by atoms with Gasteiger partial charge in [0.2, 0.25) is 0 Å². The second-order valence-corrected chi connectivity index (χ2v) is 6.59. The highest BCUT2D eigenvalue weighted by Gasteiger charge is 2.24. The normalized spacial score (nSPS) is 19.1. The van der Waals surface area contributed by atoms with Crippen LogP contribution in [-0.4, -0.2) is 23.0 Å². The molecule has 0 unspecified atom stereocenters. The van der Waals surface area contributed by atoms with E-state index in [4.69, 9.17) is 11.5 Å². The fourth-order valence-electron chi connectivity index (χ4n) is 3.21. The van der Waals surface area contributed by atoms with E-state index in [0.29, 0.717) is 11.5 Å². The SMILES string of the molecule is N#Cc1cc(C(N)=O)c(Nc2cccc(F)c2)nc1N[C@@H]1CCCC[C@@H]1N. The standard InChI is InChI=1S/C19H21FN6O/c20-12-4-3-5-13(9-12)24-19-14(17(23)27)8-11(10-21)18(26-19)25-16-7-2-1-6-15(16)22/h3-5,8-9,15-16H,1-2,6-7,22H2,(H2,23,27)(H2,24,25,26)/t15-,16+/m0/s1. The van der Waals surface area contributed by atoms with Crippen molar-refractivity contribution in [1.29, 1.82) is 5.26 Å². The fraction of sp³-hybridized carbons (Fsp3) is 0.316. The molecular weight excluding hydrogens is 347 g/mol. The summed E-state index contributed by atoms with van der Waals surface area (Å²) in [7, 11) is 0. The maximum atomic E-state index is 13.5. The first kappa shape index (κ1) is 18.6. The van der Waals surface area contributed by atoms with Crippen LogP contribution in [0.4, 0.5) is 21.7 Å². The number of benzene rings is 1. The molecule has 1 aromatic heterocycles. The quantitative estimate of drug-likeness (QED) is 0.642. The van der Waals surface area contributed by atoms with E-state index >= 15 is 0 Å². The maximum absolute atomic E-state index is 13.5. The number of nitrogens with zero attached hydrogens (tertiary/aromatic N) is 2. The molecule has 8 heteroatoms. The van der Waals surface area contributed by atoms with Gasteiger partial charge in [-0.2, -0.15) is 5.26 Å². The second kappa shape index (κ2) is 8.01. The minimum absolute atomic E-state index is 0.0141. The fourth-order valence-corrected chi connectivity index (χ4v) is 3.21. The zero-order chi connectivity index (χ0) is 19.4. The van der Waals surface area contributed by atoms with Crippen molar-refractivity contribution in [3.05, 3.63) is 47.3 Å². The highest BCUT2D eigenvalue weighted by molar-refractivity contribution is 5.99. The largest absolute Gasteiger partial charge is 0.365 e. The molecule has 3 rings (SSSR count). The molecule has 1 aliphatic rings. The average Bonchev–Trinajstić information content (AvgIpc) is 2.63. The van der Waals surface area contributed by atoms with Gasteiger partial charge in [0.25, 0.3) is 5.91 Å². The van der Waals surface area contributed by atoms with Gasteiger partial charge >= 0.3 is 0 Å². The molecule has 1 heterocycles. The third kappa shape index (κ3) is 4.33. The molecule has 1 amide bonds. The molecule has 1 aromatic carbocycles. The first-order valence-electron chi connectivity index (χ1n) is 8.77. The van der Waals surface area contributed by atoms with E-state index in [2.05, 4.69) is 15.6 Å². The Morgan fingerprint density at radius 3 is 2.70 bits per heavy atom. The topological polar surface area (TPSA) is 130 Å². The molecule has 0 saturated heterocycles. The van der Waals surface area contributed by atoms with Gasteiger partial charge < -0.3 is 22.1 Å². The molecule has 0 spiro atoms. The van der Waals surface area contributed by atoms with Crippen molar-refractivity contribution in [2.75, 3.05) is 10.6 Å². The van der Waals surface area contributed by atoms with Crippen LogP contribution >= 0.6 is 0 Å². The van der Waals surface area contributed by atoms with Crippen molar-refractivity contribution in [2.24, 2.45) is 11.5 Å². The molecule has 1 saturated carbocycles. The van der Waals surface area contributed by atoms with Gasteiger partial charge in [-0.1, -0.05) is 18.9 Å². The zero-order valence-corrected chi connectivity index (χ0v) is 14.7. The van der Waals surface area contributed by atoms with E-state index < -0.39 is 11.7 Å². The highest BCUT2D eigenvalue weighted by Crippen LogP contribution is 2.27. The number of primary amides is 1. The summed E-state index contributed by atoms with van der Waals surface area (Å²) in [5.74, 6) is -0.692. The summed E-state index contributed by atoms with van der Waals surface area (Å²) >= 11 is 0. The smallest absolute Gasteiger partial charge is 0.252 e. The molecular formula is C19H21FN6O. The van der Waals surface area contributed by atoms with Gasteiger partial charge in [-0.15, -0.1) is 0 Å². The summed E-state index contributed by atoms with van der Waals surface area (Å²) in [5, 5.41) is 15.6. The lowest BCUT2D eigenvalue weighted by molar-refractivity contribution is 0.100. The van der Waals surface area contributed by atoms with Gasteiger partial charge in [-0.25, -0.2) is 9.37 Å². The molecule has 1 aliphatic carbocycles. The molecule has 2 atom stereocenters. The molecule has 1 fully saturated rings. The van der Waals surface area contributed by atoms with Crippen LogP contribution in [0.25, 0.3) is 0 Å². The van der Waals surface area contributed by atoms with Crippen LogP contribution < -0.4 is 22.1 Å². The van der Waals surface area contributed by atoms with E-state index in [1.54, 1.807) is 6.07 Å². The number of carbonyl (C=O) groups excluding carboxylic acids is 1. The Balaban J connectivity index is 1.97. The zero-order valence-electron chi connectivity index (χ0n) is 14.7. The number of carbonyl (C=O) groups is 1. The number of aromatic nitrogens is 1. The maximum Gasteiger partial charge on any atom is 0.252 e. The number of pyridine rings is 1. The summed E-state index contributed by atoms with van der Waals surface area (Å²) in [6.45, 7) is 0. The van der Waals surface area contributed by atoms with E-state index in [1.165, 1.54) is 24.3 Å². The van der Waals surface area contributed by atoms with E-state index in [9.17, 15) is 14.4 Å². The lowest BCUT2D eigenvalue weighted by Crippen LogP contribution is -2.43. The third-order valence-corrected chi connectivity index (χ3v) is 4.64. The average molecular weight is 368 g/mol. The number of nitrogens with two attached hydrogens (primary N) is 2. The van der Waals surface area contributed by atoms with Crippen LogP contribution in [0.3, 0.4) is 0 Å². The number of nitrogens with one attached hydrogen (secondary N) is 2. The van der Waals surface area contributed by atoms with Gasteiger partial charge in [-0.3, -0.25) is 4.79 Å². The molecule has 0 radical (unpaired) electrons. The monoisotopic (exact) mass is 368 g/mol. The highest BCUT2D eigenvalue weighted by atomic mass is 19.1. The van der Waals surface area contributed by atoms with Crippen LogP contribution in [0.15, 0.2) is 30.3 Å². The number of nitriles is 1. The number of anilines is 3. The number of hydrogen-bond acceptors (Lipinski definition) is 6. The van der Waals surface area contributed by atoms with Crippen LogP contribution in [0, 0.1) is 17.1 Å². The third-order valence-electron chi connectivity index (χ3n) is 4.64. The van der Waals surface area contributed by atoms with E-state index in [-0.39, 0.29) is 29.0 Å². The van der Waals surface area contributed by atoms with Crippen molar-refractivity contribution in [3.63, 3.8) is 0 Å². The summed E-state index contributed by atoms with van der Waals surface area (Å²) in [6, 6.07) is 9.12. The Labute approximate surface area is 156 Å². The Morgan fingerprint density at radius 1 is 1.26 bits per heavy atom. The van der Waals surface area contributed by atoms with Crippen LogP contribution in [-0.2, 0) is 0 Å². The number of rotatable bonds is 5. The molecule has 27 heavy (non-hydrogen) atoms. The van der Waals surface area contributed by atoms with Gasteiger partial charge in [-0.05, 0) is 37.1 Å². The molecule has 140 valence electrons. The second-order valence-electron chi connectivity index (χ2n) is 6.59. The van der Waals surface area contributed by atoms with Crippen molar-refractivity contribution >= 4 is 23.2 Å². The minimum Gasteiger partial charge on any atom is -0.365 e. The Bertz CT molecular complexity index is 894. The molecule has 2 aromatic rings. The molecule has 6 N–H and O–H groups in total. The summed E-state index contributed by atoms with van der Waals surface area (Å²) in [4.78, 5) is 16.2. The predicted molar refractivity (Wildman–Crippen MR) is 101 cm³/mol. The van der Waals surface area contributed by atoms with Crippen LogP contribution in [0.2, 0.25) is 0 Å². The van der Waals surface area contributed by atoms with Crippen molar-refractivity contribution in [3.8, 4) is 6.07 Å². The number of amides is 1. The lowest BCUT2D eigenvalue weighted by Gasteiger charge is -2.30. The summed E-state index contributed by atoms with van der Waals surface area (Å²) < 4.78 is 13.5. The Morgan fingerprint density at radius 2 is 2.04 bits per heavy atom. The first-order valence-corrected chi connectivity index (χ1v) is 8.77. The van der Waals surface area contributed by atoms with Gasteiger partial charge in [0.05, 0.1) is 11.1 Å². The molecule has 0 bridgehead atoms.